The van der Waals surface area contributed by atoms with Crippen molar-refractivity contribution >= 4 is 35.8 Å². The van der Waals surface area contributed by atoms with Crippen molar-refractivity contribution in [2.75, 3.05) is 7.05 Å². The molecular formula is C17H27IN4O. The molecule has 5 nitrogen and oxygen atoms in total. The third kappa shape index (κ3) is 6.37. The maximum absolute atomic E-state index is 11.0. The van der Waals surface area contributed by atoms with E-state index >= 15 is 0 Å². The predicted octanol–water partition coefficient (Wildman–Crippen LogP) is 2.65. The molecule has 23 heavy (non-hydrogen) atoms. The molecule has 128 valence electrons. The van der Waals surface area contributed by atoms with Gasteiger partial charge in [-0.05, 0) is 49.3 Å². The van der Waals surface area contributed by atoms with E-state index in [0.29, 0.717) is 18.2 Å². The first-order chi connectivity index (χ1) is 10.6. The van der Waals surface area contributed by atoms with Gasteiger partial charge in [0.15, 0.2) is 5.96 Å². The number of nitrogens with two attached hydrogens (primary N) is 1. The highest BCUT2D eigenvalue weighted by atomic mass is 127. The number of nitrogens with one attached hydrogen (secondary N) is 2. The highest BCUT2D eigenvalue weighted by Gasteiger charge is 2.18. The van der Waals surface area contributed by atoms with E-state index in [4.69, 9.17) is 5.73 Å². The zero-order valence-electron chi connectivity index (χ0n) is 13.8. The number of nitrogens with zero attached hydrogens (tertiary/aromatic N) is 1. The summed E-state index contributed by atoms with van der Waals surface area (Å²) in [7, 11) is 1.79. The minimum atomic E-state index is -0.400. The molecule has 1 saturated carbocycles. The highest BCUT2D eigenvalue weighted by molar-refractivity contribution is 14.0. The van der Waals surface area contributed by atoms with Crippen LogP contribution in [0, 0.1) is 5.92 Å². The van der Waals surface area contributed by atoms with E-state index in [1.165, 1.54) is 25.7 Å². The number of amides is 1. The molecular weight excluding hydrogens is 403 g/mol. The van der Waals surface area contributed by atoms with Crippen molar-refractivity contribution < 1.29 is 4.79 Å². The van der Waals surface area contributed by atoms with Crippen LogP contribution in [0.1, 0.15) is 48.5 Å². The molecule has 2 rings (SSSR count). The van der Waals surface area contributed by atoms with Crippen LogP contribution in [0.25, 0.3) is 0 Å². The Morgan fingerprint density at radius 3 is 2.35 bits per heavy atom. The van der Waals surface area contributed by atoms with Gasteiger partial charge < -0.3 is 16.4 Å². The molecule has 0 unspecified atom stereocenters. The van der Waals surface area contributed by atoms with E-state index in [2.05, 4.69) is 22.5 Å². The summed E-state index contributed by atoms with van der Waals surface area (Å²) >= 11 is 0. The molecule has 1 aromatic carbocycles. The number of guanidine groups is 1. The Balaban J connectivity index is 0.00000264. The van der Waals surface area contributed by atoms with Crippen LogP contribution >= 0.6 is 24.0 Å². The molecule has 1 aliphatic carbocycles. The van der Waals surface area contributed by atoms with Crippen molar-refractivity contribution in [1.29, 1.82) is 0 Å². The van der Waals surface area contributed by atoms with Gasteiger partial charge in [0.2, 0.25) is 5.91 Å². The standard InChI is InChI=1S/C17H26N4O.HI/c1-12-3-9-15(10-4-12)21-17(19-2)20-11-13-5-7-14(8-6-13)16(18)22;/h5-8,12,15H,3-4,9-11H2,1-2H3,(H2,18,22)(H2,19,20,21);1H. The van der Waals surface area contributed by atoms with Gasteiger partial charge in [0.05, 0.1) is 0 Å². The molecule has 1 amide bonds. The van der Waals surface area contributed by atoms with Crippen LogP contribution in [0.5, 0.6) is 0 Å². The first-order valence-electron chi connectivity index (χ1n) is 7.94. The molecule has 6 heteroatoms. The first kappa shape index (κ1) is 19.7. The summed E-state index contributed by atoms with van der Waals surface area (Å²) in [6.07, 6.45) is 4.97. The number of carbonyl (C=O) groups is 1. The predicted molar refractivity (Wildman–Crippen MR) is 105 cm³/mol. The Morgan fingerprint density at radius 2 is 1.83 bits per heavy atom. The van der Waals surface area contributed by atoms with Gasteiger partial charge in [0.25, 0.3) is 0 Å². The van der Waals surface area contributed by atoms with Crippen LogP contribution in [0.4, 0.5) is 0 Å². The van der Waals surface area contributed by atoms with Gasteiger partial charge in [0.1, 0.15) is 0 Å². The molecule has 0 aromatic heterocycles. The fraction of sp³-hybridized carbons (Fsp3) is 0.529. The Bertz CT molecular complexity index is 522. The lowest BCUT2D eigenvalue weighted by Crippen LogP contribution is -2.44. The number of rotatable bonds is 4. The minimum absolute atomic E-state index is 0. The average Bonchev–Trinajstić information content (AvgIpc) is 2.53. The van der Waals surface area contributed by atoms with E-state index in [0.717, 1.165) is 17.4 Å². The van der Waals surface area contributed by atoms with E-state index in [9.17, 15) is 4.79 Å². The van der Waals surface area contributed by atoms with Gasteiger partial charge in [0, 0.05) is 25.2 Å². The molecule has 0 atom stereocenters. The van der Waals surface area contributed by atoms with Crippen LogP contribution in [-0.4, -0.2) is 25.0 Å². The lowest BCUT2D eigenvalue weighted by atomic mass is 9.87. The number of halogens is 1. The van der Waals surface area contributed by atoms with Crippen LogP contribution < -0.4 is 16.4 Å². The fourth-order valence-corrected chi connectivity index (χ4v) is 2.77. The Labute approximate surface area is 155 Å². The summed E-state index contributed by atoms with van der Waals surface area (Å²) in [4.78, 5) is 15.3. The number of carbonyl (C=O) groups excluding carboxylic acids is 1. The number of hydrogen-bond acceptors (Lipinski definition) is 2. The molecule has 0 heterocycles. The van der Waals surface area contributed by atoms with E-state index < -0.39 is 5.91 Å². The minimum Gasteiger partial charge on any atom is -0.366 e. The normalized spacial score (nSPS) is 21.2. The summed E-state index contributed by atoms with van der Waals surface area (Å²) in [5.74, 6) is 1.28. The lowest BCUT2D eigenvalue weighted by molar-refractivity contribution is 0.100. The SMILES string of the molecule is CN=C(NCc1ccc(C(N)=O)cc1)NC1CCC(C)CC1.I. The Morgan fingerprint density at radius 1 is 1.22 bits per heavy atom. The van der Waals surface area contributed by atoms with Crippen molar-refractivity contribution in [3.63, 3.8) is 0 Å². The number of primary amides is 1. The van der Waals surface area contributed by atoms with Gasteiger partial charge in [-0.15, -0.1) is 24.0 Å². The van der Waals surface area contributed by atoms with Crippen molar-refractivity contribution in [3.8, 4) is 0 Å². The zero-order chi connectivity index (χ0) is 15.9. The molecule has 0 spiro atoms. The molecule has 0 aliphatic heterocycles. The third-order valence-corrected chi connectivity index (χ3v) is 4.28. The van der Waals surface area contributed by atoms with Gasteiger partial charge in [-0.2, -0.15) is 0 Å². The molecule has 1 aliphatic rings. The van der Waals surface area contributed by atoms with Crippen LogP contribution in [-0.2, 0) is 6.54 Å². The second-order valence-corrected chi connectivity index (χ2v) is 6.09. The van der Waals surface area contributed by atoms with E-state index in [1.807, 2.05) is 12.1 Å². The quantitative estimate of drug-likeness (QED) is 0.391. The van der Waals surface area contributed by atoms with Gasteiger partial charge in [-0.1, -0.05) is 19.1 Å². The maximum Gasteiger partial charge on any atom is 0.248 e. The van der Waals surface area contributed by atoms with Crippen molar-refractivity contribution in [2.45, 2.75) is 45.2 Å². The largest absolute Gasteiger partial charge is 0.366 e. The second-order valence-electron chi connectivity index (χ2n) is 6.09. The summed E-state index contributed by atoms with van der Waals surface area (Å²) in [5, 5.41) is 6.81. The van der Waals surface area contributed by atoms with Crippen molar-refractivity contribution in [2.24, 2.45) is 16.6 Å². The smallest absolute Gasteiger partial charge is 0.248 e. The summed E-state index contributed by atoms with van der Waals surface area (Å²) in [6.45, 7) is 2.99. The summed E-state index contributed by atoms with van der Waals surface area (Å²) in [5.41, 5.74) is 6.86. The van der Waals surface area contributed by atoms with Crippen molar-refractivity contribution in [3.05, 3.63) is 35.4 Å². The monoisotopic (exact) mass is 430 g/mol. The van der Waals surface area contributed by atoms with Gasteiger partial charge in [-0.25, -0.2) is 0 Å². The maximum atomic E-state index is 11.0. The van der Waals surface area contributed by atoms with Crippen LogP contribution in [0.2, 0.25) is 0 Å². The fourth-order valence-electron chi connectivity index (χ4n) is 2.77. The third-order valence-electron chi connectivity index (χ3n) is 4.28. The lowest BCUT2D eigenvalue weighted by Gasteiger charge is -2.28. The summed E-state index contributed by atoms with van der Waals surface area (Å²) < 4.78 is 0. The van der Waals surface area contributed by atoms with Gasteiger partial charge >= 0.3 is 0 Å². The summed E-state index contributed by atoms with van der Waals surface area (Å²) in [6, 6.07) is 7.82. The molecule has 0 radical (unpaired) electrons. The van der Waals surface area contributed by atoms with E-state index in [1.54, 1.807) is 19.2 Å². The molecule has 1 fully saturated rings. The molecule has 0 bridgehead atoms. The van der Waals surface area contributed by atoms with Crippen molar-refractivity contribution in [1.82, 2.24) is 10.6 Å². The molecule has 1 aromatic rings. The van der Waals surface area contributed by atoms with Crippen LogP contribution in [0.15, 0.2) is 29.3 Å². The number of hydrogen-bond donors (Lipinski definition) is 3. The molecule has 0 saturated heterocycles. The number of benzene rings is 1. The number of aliphatic imine (C=N–C) groups is 1. The van der Waals surface area contributed by atoms with Crippen LogP contribution in [0.3, 0.4) is 0 Å². The van der Waals surface area contributed by atoms with E-state index in [-0.39, 0.29) is 24.0 Å². The van der Waals surface area contributed by atoms with Gasteiger partial charge in [-0.3, -0.25) is 9.79 Å². The Hall–Kier alpha value is -1.31. The average molecular weight is 430 g/mol. The Kier molecular flexibility index (Phi) is 8.36. The first-order valence-corrected chi connectivity index (χ1v) is 7.94. The highest BCUT2D eigenvalue weighted by Crippen LogP contribution is 2.23. The zero-order valence-corrected chi connectivity index (χ0v) is 16.2. The second kappa shape index (κ2) is 9.75. The topological polar surface area (TPSA) is 79.5 Å². The molecule has 4 N–H and O–H groups in total.